The van der Waals surface area contributed by atoms with E-state index in [0.29, 0.717) is 15.0 Å². The van der Waals surface area contributed by atoms with Crippen LogP contribution in [0.3, 0.4) is 0 Å². The molecular weight excluding hydrogens is 187 g/mol. The molecule has 0 fully saturated rings. The van der Waals surface area contributed by atoms with E-state index in [1.807, 2.05) is 0 Å². The van der Waals surface area contributed by atoms with Crippen LogP contribution in [-0.4, -0.2) is 15.0 Å². The van der Waals surface area contributed by atoms with E-state index >= 15 is 0 Å². The predicted molar refractivity (Wildman–Crippen MR) is 43.5 cm³/mol. The van der Waals surface area contributed by atoms with Gasteiger partial charge in [0.15, 0.2) is 0 Å². The van der Waals surface area contributed by atoms with Gasteiger partial charge in [-0.25, -0.2) is 0 Å². The second-order valence-electron chi connectivity index (χ2n) is 2.22. The fourth-order valence-electron chi connectivity index (χ4n) is 1.03. The zero-order valence-corrected chi connectivity index (χ0v) is 7.22. The molecule has 1 aliphatic carbocycles. The van der Waals surface area contributed by atoms with Gasteiger partial charge in [-0.1, -0.05) is 0 Å². The van der Waals surface area contributed by atoms with Crippen LogP contribution in [0.5, 0.6) is 0 Å². The van der Waals surface area contributed by atoms with Crippen molar-refractivity contribution >= 4 is 15.0 Å². The van der Waals surface area contributed by atoms with Crippen molar-refractivity contribution in [2.45, 2.75) is 6.42 Å². The minimum absolute atomic E-state index is 0.522. The van der Waals surface area contributed by atoms with Gasteiger partial charge >= 0.3 is 66.8 Å². The Labute approximate surface area is 67.2 Å². The van der Waals surface area contributed by atoms with Gasteiger partial charge in [-0.05, 0) is 0 Å². The molecule has 0 spiro atoms. The molecule has 2 rings (SSSR count). The summed E-state index contributed by atoms with van der Waals surface area (Å²) in [6, 6.07) is 0. The molecule has 0 saturated carbocycles. The summed E-state index contributed by atoms with van der Waals surface area (Å²) in [7, 11) is 0. The van der Waals surface area contributed by atoms with Gasteiger partial charge in [0.25, 0.3) is 0 Å². The van der Waals surface area contributed by atoms with Crippen LogP contribution in [0.15, 0.2) is 40.4 Å². The molecule has 0 N–H and O–H groups in total. The Kier molecular flexibility index (Phi) is 1.62. The van der Waals surface area contributed by atoms with Crippen molar-refractivity contribution in [1.82, 2.24) is 0 Å². The molecule has 1 heteroatoms. The van der Waals surface area contributed by atoms with Crippen LogP contribution in [0.4, 0.5) is 0 Å². The number of rotatable bonds is 0. The Morgan fingerprint density at radius 3 is 2.70 bits per heavy atom. The minimum atomic E-state index is 0.522. The van der Waals surface area contributed by atoms with Crippen molar-refractivity contribution in [3.63, 3.8) is 0 Å². The third-order valence-corrected chi connectivity index (χ3v) is 3.50. The normalized spacial score (nSPS) is 21.6. The topological polar surface area (TPSA) is 0 Å². The first-order valence-electron chi connectivity index (χ1n) is 3.29. The van der Waals surface area contributed by atoms with Gasteiger partial charge in [-0.3, -0.25) is 0 Å². The summed E-state index contributed by atoms with van der Waals surface area (Å²) >= 11 is 0.522. The van der Waals surface area contributed by atoms with Crippen molar-refractivity contribution in [2.24, 2.45) is 0 Å². The number of hydrogen-bond acceptors (Lipinski definition) is 0. The molecule has 1 radical (unpaired) electrons. The first kappa shape index (κ1) is 6.21. The maximum absolute atomic E-state index is 3.26. The maximum atomic E-state index is 3.26. The van der Waals surface area contributed by atoms with Gasteiger partial charge in [-0.15, -0.1) is 0 Å². The molecular formula is C9H7Se. The molecule has 0 unspecified atom stereocenters. The Bertz CT molecular complexity index is 230. The van der Waals surface area contributed by atoms with E-state index in [-0.39, 0.29) is 0 Å². The Morgan fingerprint density at radius 1 is 1.30 bits per heavy atom. The van der Waals surface area contributed by atoms with E-state index in [4.69, 9.17) is 0 Å². The summed E-state index contributed by atoms with van der Waals surface area (Å²) in [6.45, 7) is 0. The van der Waals surface area contributed by atoms with E-state index in [2.05, 4.69) is 35.4 Å². The number of hydrogen-bond donors (Lipinski definition) is 0. The van der Waals surface area contributed by atoms with Crippen LogP contribution in [0.1, 0.15) is 6.42 Å². The molecule has 2 aliphatic rings. The summed E-state index contributed by atoms with van der Waals surface area (Å²) in [6.07, 6.45) is 11.8. The molecule has 0 atom stereocenters. The predicted octanol–water partition coefficient (Wildman–Crippen LogP) is 1.79. The summed E-state index contributed by atoms with van der Waals surface area (Å²) in [4.78, 5) is 3.26. The van der Waals surface area contributed by atoms with Crippen molar-refractivity contribution in [1.29, 1.82) is 0 Å². The van der Waals surface area contributed by atoms with E-state index in [1.165, 1.54) is 5.57 Å². The quantitative estimate of drug-likeness (QED) is 0.516. The zero-order valence-electron chi connectivity index (χ0n) is 5.50. The average molecular weight is 194 g/mol. The van der Waals surface area contributed by atoms with Crippen molar-refractivity contribution in [2.75, 3.05) is 0 Å². The average Bonchev–Trinajstić information content (AvgIpc) is 2.59. The fourth-order valence-corrected chi connectivity index (χ4v) is 2.56. The molecule has 0 aromatic heterocycles. The molecule has 0 saturated heterocycles. The Hall–Kier alpha value is -0.521. The van der Waals surface area contributed by atoms with Crippen LogP contribution >= 0.6 is 0 Å². The van der Waals surface area contributed by atoms with Crippen LogP contribution in [0, 0.1) is 4.97 Å². The molecule has 1 aliphatic heterocycles. The second-order valence-corrected chi connectivity index (χ2v) is 4.18. The van der Waals surface area contributed by atoms with E-state index < -0.39 is 0 Å². The Morgan fingerprint density at radius 2 is 2.10 bits per heavy atom. The van der Waals surface area contributed by atoms with Crippen LogP contribution < -0.4 is 0 Å². The molecule has 0 amide bonds. The van der Waals surface area contributed by atoms with Crippen molar-refractivity contribution in [3.05, 3.63) is 45.4 Å². The molecule has 0 aromatic carbocycles. The SMILES string of the molecule is [C]1=CCC(=C2C=CC=C2)[Se]1. The van der Waals surface area contributed by atoms with Crippen LogP contribution in [0.2, 0.25) is 0 Å². The second kappa shape index (κ2) is 2.61. The van der Waals surface area contributed by atoms with Crippen LogP contribution in [-0.2, 0) is 0 Å². The van der Waals surface area contributed by atoms with E-state index in [0.717, 1.165) is 6.42 Å². The molecule has 0 nitrogen and oxygen atoms in total. The molecule has 10 heavy (non-hydrogen) atoms. The zero-order chi connectivity index (χ0) is 6.81. The first-order chi connectivity index (χ1) is 4.97. The van der Waals surface area contributed by atoms with Gasteiger partial charge in [-0.2, -0.15) is 0 Å². The van der Waals surface area contributed by atoms with Gasteiger partial charge in [0.1, 0.15) is 0 Å². The van der Waals surface area contributed by atoms with Gasteiger partial charge in [0.05, 0.1) is 0 Å². The molecule has 0 aromatic rings. The summed E-state index contributed by atoms with van der Waals surface area (Å²) < 4.78 is 1.57. The van der Waals surface area contributed by atoms with Gasteiger partial charge in [0, 0.05) is 0 Å². The number of allylic oxidation sites excluding steroid dienone is 7. The summed E-state index contributed by atoms with van der Waals surface area (Å²) in [5.41, 5.74) is 1.42. The van der Waals surface area contributed by atoms with Crippen molar-refractivity contribution < 1.29 is 0 Å². The first-order valence-corrected chi connectivity index (χ1v) is 5.00. The fraction of sp³-hybridized carbons (Fsp3) is 0.111. The standard InChI is InChI=1S/C9H7Se/c1-2-5-8(4-1)9-6-3-7-10-9/h1-5H,6H2. The van der Waals surface area contributed by atoms with E-state index in [1.54, 1.807) is 4.47 Å². The summed E-state index contributed by atoms with van der Waals surface area (Å²) in [5.74, 6) is 0. The summed E-state index contributed by atoms with van der Waals surface area (Å²) in [5, 5.41) is 0. The van der Waals surface area contributed by atoms with Gasteiger partial charge in [0.2, 0.25) is 0 Å². The van der Waals surface area contributed by atoms with Crippen molar-refractivity contribution in [3.8, 4) is 0 Å². The molecule has 0 bridgehead atoms. The third-order valence-electron chi connectivity index (χ3n) is 1.54. The third kappa shape index (κ3) is 1.03. The van der Waals surface area contributed by atoms with Gasteiger partial charge < -0.3 is 0 Å². The van der Waals surface area contributed by atoms with E-state index in [9.17, 15) is 0 Å². The molecule has 1 heterocycles. The monoisotopic (exact) mass is 195 g/mol. The van der Waals surface area contributed by atoms with Crippen LogP contribution in [0.25, 0.3) is 0 Å². The Balaban J connectivity index is 2.29. The molecule has 49 valence electrons.